The van der Waals surface area contributed by atoms with Crippen molar-refractivity contribution in [1.82, 2.24) is 0 Å². The van der Waals surface area contributed by atoms with Gasteiger partial charge in [-0.2, -0.15) is 0 Å². The lowest BCUT2D eigenvalue weighted by atomic mass is 10.1. The van der Waals surface area contributed by atoms with Gasteiger partial charge in [0.2, 0.25) is 0 Å². The van der Waals surface area contributed by atoms with E-state index in [1.165, 1.54) is 0 Å². The molecule has 0 fully saturated rings. The van der Waals surface area contributed by atoms with Crippen molar-refractivity contribution in [2.75, 3.05) is 0 Å². The quantitative estimate of drug-likeness (QED) is 0.218. The van der Waals surface area contributed by atoms with Gasteiger partial charge in [-0.3, -0.25) is 10.8 Å². The number of nitrogens with two attached hydrogens (primary N) is 2. The molecule has 5 rings (SSSR count). The fourth-order valence-electron chi connectivity index (χ4n) is 3.60. The zero-order chi connectivity index (χ0) is 22.2. The van der Waals surface area contributed by atoms with Gasteiger partial charge >= 0.3 is 0 Å². The summed E-state index contributed by atoms with van der Waals surface area (Å²) in [7, 11) is 0. The SMILES string of the molecule is N=C(N)c1ccc2oc(C=Cc3ccc(-c4cc5cc(C(=N)N)ccc5o4)cc3)cc2c1. The first-order valence-corrected chi connectivity index (χ1v) is 10.0. The first-order valence-electron chi connectivity index (χ1n) is 10.0. The molecule has 3 aromatic carbocycles. The zero-order valence-electron chi connectivity index (χ0n) is 17.1. The Bertz CT molecular complexity index is 1520. The number of benzene rings is 3. The Hall–Kier alpha value is -4.58. The van der Waals surface area contributed by atoms with Crippen molar-refractivity contribution >= 4 is 45.8 Å². The van der Waals surface area contributed by atoms with Crippen molar-refractivity contribution in [3.8, 4) is 11.3 Å². The van der Waals surface area contributed by atoms with Gasteiger partial charge in [0.15, 0.2) is 0 Å². The molecular weight excluding hydrogens is 400 g/mol. The van der Waals surface area contributed by atoms with Crippen molar-refractivity contribution in [1.29, 1.82) is 10.8 Å². The summed E-state index contributed by atoms with van der Waals surface area (Å²) < 4.78 is 11.8. The molecule has 0 aliphatic rings. The van der Waals surface area contributed by atoms with Gasteiger partial charge in [0, 0.05) is 27.5 Å². The third kappa shape index (κ3) is 3.65. The molecule has 0 saturated carbocycles. The molecule has 6 heteroatoms. The van der Waals surface area contributed by atoms with Crippen molar-refractivity contribution in [3.05, 3.63) is 95.2 Å². The number of amidine groups is 2. The molecule has 0 bridgehead atoms. The van der Waals surface area contributed by atoms with Gasteiger partial charge in [0.25, 0.3) is 0 Å². The predicted molar refractivity (Wildman–Crippen MR) is 129 cm³/mol. The molecule has 0 unspecified atom stereocenters. The summed E-state index contributed by atoms with van der Waals surface area (Å²) in [6.45, 7) is 0. The van der Waals surface area contributed by atoms with Crippen LogP contribution in [0.15, 0.2) is 81.6 Å². The van der Waals surface area contributed by atoms with E-state index < -0.39 is 0 Å². The second kappa shape index (κ2) is 7.59. The summed E-state index contributed by atoms with van der Waals surface area (Å²) in [6.07, 6.45) is 3.89. The Morgan fingerprint density at radius 2 is 1.25 bits per heavy atom. The average molecular weight is 420 g/mol. The Balaban J connectivity index is 1.37. The number of furan rings is 2. The van der Waals surface area contributed by atoms with Crippen molar-refractivity contribution in [2.24, 2.45) is 11.5 Å². The summed E-state index contributed by atoms with van der Waals surface area (Å²) in [4.78, 5) is 0. The molecule has 2 aromatic heterocycles. The molecule has 32 heavy (non-hydrogen) atoms. The smallest absolute Gasteiger partial charge is 0.135 e. The predicted octanol–water partition coefficient (Wildman–Crippen LogP) is 5.58. The second-order valence-corrected chi connectivity index (χ2v) is 7.55. The van der Waals surface area contributed by atoms with Crippen LogP contribution >= 0.6 is 0 Å². The maximum absolute atomic E-state index is 7.59. The zero-order valence-corrected chi connectivity index (χ0v) is 17.1. The van der Waals surface area contributed by atoms with Gasteiger partial charge in [0.05, 0.1) is 0 Å². The van der Waals surface area contributed by atoms with Gasteiger partial charge in [-0.15, -0.1) is 0 Å². The maximum Gasteiger partial charge on any atom is 0.135 e. The summed E-state index contributed by atoms with van der Waals surface area (Å²) in [5.74, 6) is 1.56. The van der Waals surface area contributed by atoms with Crippen LogP contribution in [0.5, 0.6) is 0 Å². The van der Waals surface area contributed by atoms with Crippen LogP contribution in [0.4, 0.5) is 0 Å². The van der Waals surface area contributed by atoms with Gasteiger partial charge in [-0.1, -0.05) is 30.3 Å². The third-order valence-electron chi connectivity index (χ3n) is 5.31. The fraction of sp³-hybridized carbons (Fsp3) is 0. The van der Waals surface area contributed by atoms with Crippen LogP contribution in [0.1, 0.15) is 22.5 Å². The van der Waals surface area contributed by atoms with E-state index in [-0.39, 0.29) is 11.7 Å². The molecule has 0 aliphatic heterocycles. The van der Waals surface area contributed by atoms with Crippen LogP contribution in [-0.4, -0.2) is 11.7 Å². The largest absolute Gasteiger partial charge is 0.457 e. The monoisotopic (exact) mass is 420 g/mol. The van der Waals surface area contributed by atoms with Gasteiger partial charge in [-0.25, -0.2) is 0 Å². The minimum absolute atomic E-state index is 0.0361. The Morgan fingerprint density at radius 1 is 0.656 bits per heavy atom. The molecule has 6 N–H and O–H groups in total. The fourth-order valence-corrected chi connectivity index (χ4v) is 3.60. The highest BCUT2D eigenvalue weighted by atomic mass is 16.3. The summed E-state index contributed by atoms with van der Waals surface area (Å²) in [6, 6.07) is 22.8. The Kier molecular flexibility index (Phi) is 4.60. The van der Waals surface area contributed by atoms with Crippen LogP contribution in [-0.2, 0) is 0 Å². The molecule has 0 aliphatic carbocycles. The number of rotatable bonds is 5. The van der Waals surface area contributed by atoms with Gasteiger partial charge in [-0.05, 0) is 60.2 Å². The lowest BCUT2D eigenvalue weighted by Gasteiger charge is -1.98. The summed E-state index contributed by atoms with van der Waals surface area (Å²) >= 11 is 0. The summed E-state index contributed by atoms with van der Waals surface area (Å²) in [5, 5.41) is 17.0. The first-order chi connectivity index (χ1) is 15.5. The molecule has 6 nitrogen and oxygen atoms in total. The number of hydrogen-bond acceptors (Lipinski definition) is 4. The second-order valence-electron chi connectivity index (χ2n) is 7.55. The van der Waals surface area contributed by atoms with Gasteiger partial charge in [0.1, 0.15) is 34.4 Å². The van der Waals surface area contributed by atoms with E-state index in [0.717, 1.165) is 44.6 Å². The van der Waals surface area contributed by atoms with E-state index in [0.29, 0.717) is 11.1 Å². The van der Waals surface area contributed by atoms with E-state index in [1.54, 1.807) is 12.1 Å². The number of fused-ring (bicyclic) bond motifs is 2. The molecule has 5 aromatic rings. The van der Waals surface area contributed by atoms with Crippen molar-refractivity contribution in [3.63, 3.8) is 0 Å². The molecule has 156 valence electrons. The first kappa shape index (κ1) is 19.4. The molecule has 2 heterocycles. The molecule has 0 radical (unpaired) electrons. The number of nitrogens with one attached hydrogen (secondary N) is 2. The van der Waals surface area contributed by atoms with Crippen molar-refractivity contribution in [2.45, 2.75) is 0 Å². The molecule has 0 atom stereocenters. The lowest BCUT2D eigenvalue weighted by molar-refractivity contribution is 0.604. The standard InChI is InChI=1S/C26H20N4O2/c27-25(28)17-6-9-22-19(11-17)13-21(31-22)8-3-15-1-4-16(5-2-15)24-14-20-12-18(26(29)30)7-10-23(20)32-24/h1-14H,(H3,27,28)(H3,29,30). The molecule has 0 saturated heterocycles. The lowest BCUT2D eigenvalue weighted by Crippen LogP contribution is -2.10. The van der Waals surface area contributed by atoms with Gasteiger partial charge < -0.3 is 20.3 Å². The minimum Gasteiger partial charge on any atom is -0.457 e. The Labute approximate surface area is 183 Å². The van der Waals surface area contributed by atoms with E-state index in [4.69, 9.17) is 31.1 Å². The third-order valence-corrected chi connectivity index (χ3v) is 5.31. The topological polar surface area (TPSA) is 126 Å². The normalized spacial score (nSPS) is 11.5. The Morgan fingerprint density at radius 3 is 1.88 bits per heavy atom. The molecular formula is C26H20N4O2. The number of hydrogen-bond donors (Lipinski definition) is 4. The number of nitrogen functional groups attached to an aromatic ring is 2. The minimum atomic E-state index is 0.0361. The van der Waals surface area contributed by atoms with E-state index >= 15 is 0 Å². The highest BCUT2D eigenvalue weighted by Crippen LogP contribution is 2.29. The van der Waals surface area contributed by atoms with E-state index in [9.17, 15) is 0 Å². The van der Waals surface area contributed by atoms with Crippen LogP contribution in [0.3, 0.4) is 0 Å². The van der Waals surface area contributed by atoms with Crippen LogP contribution in [0, 0.1) is 10.8 Å². The van der Waals surface area contributed by atoms with E-state index in [2.05, 4.69) is 0 Å². The van der Waals surface area contributed by atoms with E-state index in [1.807, 2.05) is 72.8 Å². The van der Waals surface area contributed by atoms with Crippen LogP contribution < -0.4 is 11.5 Å². The van der Waals surface area contributed by atoms with Crippen molar-refractivity contribution < 1.29 is 8.83 Å². The maximum atomic E-state index is 7.59. The van der Waals surface area contributed by atoms with Crippen LogP contribution in [0.25, 0.3) is 45.4 Å². The summed E-state index contributed by atoms with van der Waals surface area (Å²) in [5.41, 5.74) is 16.0. The highest BCUT2D eigenvalue weighted by Gasteiger charge is 2.08. The molecule has 0 spiro atoms. The highest BCUT2D eigenvalue weighted by molar-refractivity contribution is 5.99. The average Bonchev–Trinajstić information content (AvgIpc) is 3.40. The molecule has 0 amide bonds. The van der Waals surface area contributed by atoms with Crippen LogP contribution in [0.2, 0.25) is 0 Å².